The highest BCUT2D eigenvalue weighted by Crippen LogP contribution is 2.44. The van der Waals surface area contributed by atoms with Gasteiger partial charge < -0.3 is 20.5 Å². The van der Waals surface area contributed by atoms with Crippen LogP contribution in [0, 0.1) is 0 Å². The van der Waals surface area contributed by atoms with Gasteiger partial charge in [0.15, 0.2) is 0 Å². The largest absolute Gasteiger partial charge is 0.481 e. The number of ether oxygens (including phenoxy) is 1. The number of hydrogen-bond donors (Lipinski definition) is 3. The van der Waals surface area contributed by atoms with E-state index in [1.165, 1.54) is 0 Å². The molecule has 0 saturated heterocycles. The number of rotatable bonds is 8. The highest BCUT2D eigenvalue weighted by Gasteiger charge is 2.30. The molecular weight excluding hydrogens is 396 g/mol. The van der Waals surface area contributed by atoms with E-state index in [9.17, 15) is 14.4 Å². The maximum atomic E-state index is 12.4. The van der Waals surface area contributed by atoms with Gasteiger partial charge in [-0.15, -0.1) is 0 Å². The normalized spacial score (nSPS) is 13.6. The first-order valence-electron chi connectivity index (χ1n) is 10.3. The maximum absolute atomic E-state index is 12.4. The summed E-state index contributed by atoms with van der Waals surface area (Å²) in [6, 6.07) is 15.3. The molecule has 1 aliphatic carbocycles. The summed E-state index contributed by atoms with van der Waals surface area (Å²) in [6.45, 7) is 5.21. The van der Waals surface area contributed by atoms with E-state index in [-0.39, 0.29) is 25.4 Å². The Morgan fingerprint density at radius 1 is 1.03 bits per heavy atom. The molecule has 3 rings (SSSR count). The van der Waals surface area contributed by atoms with Gasteiger partial charge >= 0.3 is 12.1 Å². The molecule has 1 aliphatic rings. The van der Waals surface area contributed by atoms with E-state index in [1.807, 2.05) is 36.4 Å². The molecule has 2 amide bonds. The van der Waals surface area contributed by atoms with Crippen molar-refractivity contribution in [1.82, 2.24) is 10.6 Å². The molecule has 0 bridgehead atoms. The first-order chi connectivity index (χ1) is 14.7. The average molecular weight is 424 g/mol. The summed E-state index contributed by atoms with van der Waals surface area (Å²) in [5, 5.41) is 14.1. The number of aliphatic carboxylic acids is 1. The maximum Gasteiger partial charge on any atom is 0.407 e. The number of fused-ring (bicyclic) bond motifs is 3. The zero-order valence-electron chi connectivity index (χ0n) is 18.0. The van der Waals surface area contributed by atoms with Crippen LogP contribution in [0.5, 0.6) is 0 Å². The van der Waals surface area contributed by atoms with Gasteiger partial charge in [-0.3, -0.25) is 9.59 Å². The summed E-state index contributed by atoms with van der Waals surface area (Å²) in [5.41, 5.74) is 3.81. The lowest BCUT2D eigenvalue weighted by atomic mass is 9.98. The molecule has 31 heavy (non-hydrogen) atoms. The van der Waals surface area contributed by atoms with Crippen LogP contribution < -0.4 is 10.6 Å². The molecule has 0 aromatic heterocycles. The molecule has 2 aromatic rings. The zero-order valence-corrected chi connectivity index (χ0v) is 18.0. The van der Waals surface area contributed by atoms with Crippen LogP contribution >= 0.6 is 0 Å². The van der Waals surface area contributed by atoms with E-state index >= 15 is 0 Å². The van der Waals surface area contributed by atoms with Crippen LogP contribution in [0.4, 0.5) is 4.79 Å². The van der Waals surface area contributed by atoms with Gasteiger partial charge in [0.1, 0.15) is 12.6 Å². The molecule has 1 unspecified atom stereocenters. The Morgan fingerprint density at radius 3 is 2.13 bits per heavy atom. The Hall–Kier alpha value is -3.35. The summed E-state index contributed by atoms with van der Waals surface area (Å²) >= 11 is 0. The Labute approximate surface area is 181 Å². The number of carboxylic acids is 1. The molecule has 7 heteroatoms. The summed E-state index contributed by atoms with van der Waals surface area (Å²) in [4.78, 5) is 35.5. The molecule has 1 atom stereocenters. The third-order valence-corrected chi connectivity index (χ3v) is 5.50. The number of carbonyl (C=O) groups is 3. The number of nitrogens with one attached hydrogen (secondary N) is 2. The van der Waals surface area contributed by atoms with Crippen molar-refractivity contribution in [3.8, 4) is 11.1 Å². The molecule has 0 fully saturated rings. The van der Waals surface area contributed by atoms with Gasteiger partial charge in [-0.1, -0.05) is 48.5 Å². The second-order valence-corrected chi connectivity index (χ2v) is 8.46. The van der Waals surface area contributed by atoms with Crippen molar-refractivity contribution in [2.24, 2.45) is 0 Å². The van der Waals surface area contributed by atoms with Crippen molar-refractivity contribution in [3.63, 3.8) is 0 Å². The third kappa shape index (κ3) is 5.42. The van der Waals surface area contributed by atoms with E-state index in [0.717, 1.165) is 22.3 Å². The van der Waals surface area contributed by atoms with Gasteiger partial charge in [0.05, 0.1) is 0 Å². The van der Waals surface area contributed by atoms with Crippen molar-refractivity contribution >= 4 is 18.0 Å². The highest BCUT2D eigenvalue weighted by molar-refractivity contribution is 5.86. The van der Waals surface area contributed by atoms with E-state index in [2.05, 4.69) is 22.8 Å². The van der Waals surface area contributed by atoms with Gasteiger partial charge in [-0.2, -0.15) is 0 Å². The molecule has 3 N–H and O–H groups in total. The summed E-state index contributed by atoms with van der Waals surface area (Å²) in [5.74, 6) is -1.38. The fourth-order valence-corrected chi connectivity index (χ4v) is 3.81. The molecule has 0 saturated carbocycles. The van der Waals surface area contributed by atoms with Crippen LogP contribution in [0.1, 0.15) is 50.7 Å². The average Bonchev–Trinajstić information content (AvgIpc) is 3.04. The Morgan fingerprint density at radius 2 is 1.58 bits per heavy atom. The standard InChI is InChI=1S/C24H28N2O5/c1-15(22(29)26-24(2,3)13-12-21(27)28)25-23(30)31-14-20-18-10-6-4-8-16(18)17-9-5-7-11-19(17)20/h4-11,15,20H,12-14H2,1-3H3,(H,25,30)(H,26,29)(H,27,28). The summed E-state index contributed by atoms with van der Waals surface area (Å²) in [7, 11) is 0. The highest BCUT2D eigenvalue weighted by atomic mass is 16.5. The van der Waals surface area contributed by atoms with Crippen LogP contribution in [-0.4, -0.2) is 41.3 Å². The van der Waals surface area contributed by atoms with Crippen molar-refractivity contribution in [3.05, 3.63) is 59.7 Å². The lowest BCUT2D eigenvalue weighted by Crippen LogP contribution is -2.52. The molecule has 2 aromatic carbocycles. The predicted molar refractivity (Wildman–Crippen MR) is 117 cm³/mol. The van der Waals surface area contributed by atoms with E-state index in [0.29, 0.717) is 0 Å². The second kappa shape index (κ2) is 9.20. The Bertz CT molecular complexity index is 940. The van der Waals surface area contributed by atoms with E-state index in [4.69, 9.17) is 9.84 Å². The molecule has 7 nitrogen and oxygen atoms in total. The third-order valence-electron chi connectivity index (χ3n) is 5.50. The van der Waals surface area contributed by atoms with Crippen LogP contribution in [-0.2, 0) is 14.3 Å². The smallest absolute Gasteiger partial charge is 0.407 e. The first kappa shape index (κ1) is 22.3. The fraction of sp³-hybridized carbons (Fsp3) is 0.375. The van der Waals surface area contributed by atoms with Crippen molar-refractivity contribution in [2.75, 3.05) is 6.61 Å². The SMILES string of the molecule is CC(NC(=O)OCC1c2ccccc2-c2ccccc21)C(=O)NC(C)(C)CCC(=O)O. The monoisotopic (exact) mass is 424 g/mol. The van der Waals surface area contributed by atoms with E-state index < -0.39 is 29.6 Å². The quantitative estimate of drug-likeness (QED) is 0.600. The number of carbonyl (C=O) groups excluding carboxylic acids is 2. The van der Waals surface area contributed by atoms with Crippen LogP contribution in [0.15, 0.2) is 48.5 Å². The van der Waals surface area contributed by atoms with Gasteiger partial charge in [-0.25, -0.2) is 4.79 Å². The molecule has 0 aliphatic heterocycles. The topological polar surface area (TPSA) is 105 Å². The first-order valence-corrected chi connectivity index (χ1v) is 10.3. The van der Waals surface area contributed by atoms with Gasteiger partial charge in [0.2, 0.25) is 5.91 Å². The summed E-state index contributed by atoms with van der Waals surface area (Å²) in [6.07, 6.45) is -0.444. The molecule has 164 valence electrons. The number of benzene rings is 2. The van der Waals surface area contributed by atoms with Crippen LogP contribution in [0.3, 0.4) is 0 Å². The fourth-order valence-electron chi connectivity index (χ4n) is 3.81. The molecular formula is C24H28N2O5. The molecule has 0 spiro atoms. The Balaban J connectivity index is 1.56. The number of alkyl carbamates (subject to hydrolysis) is 1. The molecule has 0 radical (unpaired) electrons. The lowest BCUT2D eigenvalue weighted by Gasteiger charge is -2.27. The Kier molecular flexibility index (Phi) is 6.63. The van der Waals surface area contributed by atoms with Crippen molar-refractivity contribution < 1.29 is 24.2 Å². The number of hydrogen-bond acceptors (Lipinski definition) is 4. The van der Waals surface area contributed by atoms with Crippen LogP contribution in [0.25, 0.3) is 11.1 Å². The minimum absolute atomic E-state index is 0.0541. The second-order valence-electron chi connectivity index (χ2n) is 8.46. The minimum Gasteiger partial charge on any atom is -0.481 e. The lowest BCUT2D eigenvalue weighted by molar-refractivity contribution is -0.137. The van der Waals surface area contributed by atoms with E-state index in [1.54, 1.807) is 20.8 Å². The zero-order chi connectivity index (χ0) is 22.6. The van der Waals surface area contributed by atoms with Gasteiger partial charge in [-0.05, 0) is 49.4 Å². The molecule has 0 heterocycles. The summed E-state index contributed by atoms with van der Waals surface area (Å²) < 4.78 is 5.46. The van der Waals surface area contributed by atoms with Gasteiger partial charge in [0.25, 0.3) is 0 Å². The van der Waals surface area contributed by atoms with Gasteiger partial charge in [0, 0.05) is 17.9 Å². The minimum atomic E-state index is -0.924. The van der Waals surface area contributed by atoms with Crippen molar-refractivity contribution in [1.29, 1.82) is 0 Å². The number of carboxylic acid groups (broad SMARTS) is 1. The van der Waals surface area contributed by atoms with Crippen molar-refractivity contribution in [2.45, 2.75) is 51.1 Å². The number of amides is 2. The van der Waals surface area contributed by atoms with Crippen LogP contribution in [0.2, 0.25) is 0 Å². The predicted octanol–water partition coefficient (Wildman–Crippen LogP) is 3.67.